The lowest BCUT2D eigenvalue weighted by atomic mass is 9.77. The first-order valence-electron chi connectivity index (χ1n) is 11.7. The fourth-order valence-corrected chi connectivity index (χ4v) is 5.05. The number of hydrogen-bond acceptors (Lipinski definition) is 2. The van der Waals surface area contributed by atoms with Crippen LogP contribution < -0.4 is 0 Å². The van der Waals surface area contributed by atoms with Crippen molar-refractivity contribution in [3.05, 3.63) is 76.7 Å². The van der Waals surface area contributed by atoms with E-state index in [0.717, 1.165) is 36.2 Å². The van der Waals surface area contributed by atoms with Gasteiger partial charge in [-0.1, -0.05) is 43.1 Å². The van der Waals surface area contributed by atoms with E-state index in [4.69, 9.17) is 0 Å². The first kappa shape index (κ1) is 22.7. The number of alkyl halides is 1. The van der Waals surface area contributed by atoms with Gasteiger partial charge in [0, 0.05) is 48.1 Å². The van der Waals surface area contributed by atoms with Crippen LogP contribution in [0.1, 0.15) is 58.2 Å². The van der Waals surface area contributed by atoms with Gasteiger partial charge in [-0.15, -0.1) is 0 Å². The van der Waals surface area contributed by atoms with Crippen LogP contribution in [0.3, 0.4) is 0 Å². The molecule has 1 aliphatic heterocycles. The molecule has 1 spiro atoms. The van der Waals surface area contributed by atoms with Gasteiger partial charge in [0.1, 0.15) is 5.67 Å². The topological polar surface area (TPSA) is 16.1 Å². The molecule has 0 radical (unpaired) electrons. The Balaban J connectivity index is 1.39. The van der Waals surface area contributed by atoms with Crippen molar-refractivity contribution in [3.63, 3.8) is 0 Å². The molecule has 0 aromatic carbocycles. The SMILES string of the molecule is C=C(C)CN1CC2(CC3=CCC=C(C#Cc4ccc(CC(C)C(C)(C)F)nc4)C=C3C2)C1. The molecule has 3 aliphatic rings. The van der Waals surface area contributed by atoms with Crippen molar-refractivity contribution >= 4 is 0 Å². The zero-order chi connectivity index (χ0) is 22.9. The highest BCUT2D eigenvalue weighted by Crippen LogP contribution is 2.51. The monoisotopic (exact) mass is 430 g/mol. The van der Waals surface area contributed by atoms with Crippen LogP contribution in [0.15, 0.2) is 65.4 Å². The first-order valence-corrected chi connectivity index (χ1v) is 11.7. The molecule has 1 aromatic heterocycles. The summed E-state index contributed by atoms with van der Waals surface area (Å²) < 4.78 is 14.1. The average Bonchev–Trinajstić information content (AvgIpc) is 2.93. The third-order valence-corrected chi connectivity index (χ3v) is 7.05. The van der Waals surface area contributed by atoms with Crippen molar-refractivity contribution in [2.75, 3.05) is 19.6 Å². The first-order chi connectivity index (χ1) is 15.1. The summed E-state index contributed by atoms with van der Waals surface area (Å²) in [5.74, 6) is 6.55. The molecule has 1 atom stereocenters. The lowest BCUT2D eigenvalue weighted by molar-refractivity contribution is 0.0197. The lowest BCUT2D eigenvalue weighted by Gasteiger charge is -2.48. The van der Waals surface area contributed by atoms with Gasteiger partial charge in [-0.2, -0.15) is 0 Å². The molecule has 32 heavy (non-hydrogen) atoms. The molecule has 2 fully saturated rings. The van der Waals surface area contributed by atoms with E-state index in [1.165, 1.54) is 36.2 Å². The van der Waals surface area contributed by atoms with Gasteiger partial charge in [-0.25, -0.2) is 4.39 Å². The van der Waals surface area contributed by atoms with Gasteiger partial charge < -0.3 is 0 Å². The second kappa shape index (κ2) is 8.83. The standard InChI is InChI=1S/C29H35FN2/c1-21(2)18-32-19-29(20-32)15-25-8-6-7-23(14-26(25)16-29)9-10-24-11-12-27(31-17-24)13-22(3)28(4,5)30/h7-8,11-12,14,17,22H,1,6,13,15-16,18-20H2,2-5H3. The predicted octanol–water partition coefficient (Wildman–Crippen LogP) is 6.21. The minimum atomic E-state index is -1.20. The van der Waals surface area contributed by atoms with E-state index in [0.29, 0.717) is 11.8 Å². The molecule has 168 valence electrons. The highest BCUT2D eigenvalue weighted by atomic mass is 19.1. The number of rotatable bonds is 5. The number of pyridine rings is 1. The summed E-state index contributed by atoms with van der Waals surface area (Å²) in [6, 6.07) is 3.97. The second-order valence-electron chi connectivity index (χ2n) is 10.7. The molecular formula is C29H35FN2. The van der Waals surface area contributed by atoms with E-state index >= 15 is 0 Å². The normalized spacial score (nSPS) is 20.7. The fraction of sp³-hybridized carbons (Fsp3) is 0.483. The summed E-state index contributed by atoms with van der Waals surface area (Å²) in [7, 11) is 0. The Morgan fingerprint density at radius 1 is 1.22 bits per heavy atom. The van der Waals surface area contributed by atoms with Gasteiger partial charge in [0.05, 0.1) is 0 Å². The van der Waals surface area contributed by atoms with Crippen LogP contribution in [0.4, 0.5) is 4.39 Å². The summed E-state index contributed by atoms with van der Waals surface area (Å²) in [5.41, 5.74) is 6.36. The Labute approximate surface area is 193 Å². The quantitative estimate of drug-likeness (QED) is 0.407. The number of allylic oxidation sites excluding steroid dienone is 6. The average molecular weight is 431 g/mol. The molecular weight excluding hydrogens is 395 g/mol. The van der Waals surface area contributed by atoms with Crippen molar-refractivity contribution in [1.82, 2.24) is 9.88 Å². The third-order valence-electron chi connectivity index (χ3n) is 7.05. The van der Waals surface area contributed by atoms with Crippen LogP contribution in [0.2, 0.25) is 0 Å². The van der Waals surface area contributed by atoms with Gasteiger partial charge in [0.15, 0.2) is 0 Å². The summed E-state index contributed by atoms with van der Waals surface area (Å²) in [6.45, 7) is 14.7. The summed E-state index contributed by atoms with van der Waals surface area (Å²) in [6.07, 6.45) is 12.6. The third kappa shape index (κ3) is 5.30. The van der Waals surface area contributed by atoms with Crippen LogP contribution >= 0.6 is 0 Å². The Kier molecular flexibility index (Phi) is 6.28. The Morgan fingerprint density at radius 2 is 1.97 bits per heavy atom. The largest absolute Gasteiger partial charge is 0.298 e. The van der Waals surface area contributed by atoms with Crippen LogP contribution in [-0.4, -0.2) is 35.2 Å². The zero-order valence-corrected chi connectivity index (χ0v) is 20.0. The van der Waals surface area contributed by atoms with E-state index in [-0.39, 0.29) is 5.92 Å². The van der Waals surface area contributed by atoms with Crippen LogP contribution in [0.25, 0.3) is 0 Å². The zero-order valence-electron chi connectivity index (χ0n) is 20.0. The van der Waals surface area contributed by atoms with Gasteiger partial charge in [-0.3, -0.25) is 9.88 Å². The minimum absolute atomic E-state index is 0.0744. The number of halogens is 1. The number of nitrogens with zero attached hydrogens (tertiary/aromatic N) is 2. The Hall–Kier alpha value is -2.44. The van der Waals surface area contributed by atoms with Crippen molar-refractivity contribution in [1.29, 1.82) is 0 Å². The van der Waals surface area contributed by atoms with Crippen molar-refractivity contribution in [3.8, 4) is 11.8 Å². The molecule has 1 saturated carbocycles. The molecule has 0 bridgehead atoms. The maximum absolute atomic E-state index is 14.1. The molecule has 2 nitrogen and oxygen atoms in total. The number of aromatic nitrogens is 1. The van der Waals surface area contributed by atoms with E-state index in [1.54, 1.807) is 13.8 Å². The molecule has 0 amide bonds. The second-order valence-corrected chi connectivity index (χ2v) is 10.7. The molecule has 0 N–H and O–H groups in total. The van der Waals surface area contributed by atoms with Crippen molar-refractivity contribution in [2.45, 2.75) is 59.0 Å². The minimum Gasteiger partial charge on any atom is -0.298 e. The van der Waals surface area contributed by atoms with Gasteiger partial charge in [-0.05, 0) is 81.7 Å². The predicted molar refractivity (Wildman–Crippen MR) is 131 cm³/mol. The van der Waals surface area contributed by atoms with Crippen LogP contribution in [-0.2, 0) is 6.42 Å². The van der Waals surface area contributed by atoms with Crippen LogP contribution in [0, 0.1) is 23.2 Å². The highest BCUT2D eigenvalue weighted by Gasteiger charge is 2.47. The van der Waals surface area contributed by atoms with Gasteiger partial charge >= 0.3 is 0 Å². The van der Waals surface area contributed by atoms with E-state index in [1.807, 2.05) is 25.3 Å². The summed E-state index contributed by atoms with van der Waals surface area (Å²) >= 11 is 0. The van der Waals surface area contributed by atoms with E-state index in [2.05, 4.69) is 53.5 Å². The maximum Gasteiger partial charge on any atom is 0.108 e. The Bertz CT molecular complexity index is 1030. The molecule has 1 aromatic rings. The van der Waals surface area contributed by atoms with Crippen molar-refractivity contribution in [2.24, 2.45) is 11.3 Å². The van der Waals surface area contributed by atoms with Crippen molar-refractivity contribution < 1.29 is 4.39 Å². The summed E-state index contributed by atoms with van der Waals surface area (Å²) in [4.78, 5) is 7.02. The highest BCUT2D eigenvalue weighted by molar-refractivity contribution is 5.53. The fourth-order valence-electron chi connectivity index (χ4n) is 5.05. The molecule has 1 saturated heterocycles. The lowest BCUT2D eigenvalue weighted by Crippen LogP contribution is -2.55. The smallest absolute Gasteiger partial charge is 0.108 e. The van der Waals surface area contributed by atoms with Gasteiger partial charge in [0.2, 0.25) is 0 Å². The molecule has 4 rings (SSSR count). The van der Waals surface area contributed by atoms with Crippen LogP contribution in [0.5, 0.6) is 0 Å². The van der Waals surface area contributed by atoms with E-state index < -0.39 is 5.67 Å². The number of likely N-dealkylation sites (tertiary alicyclic amines) is 1. The molecule has 2 heterocycles. The number of hydrogen-bond donors (Lipinski definition) is 0. The molecule has 1 unspecified atom stereocenters. The van der Waals surface area contributed by atoms with Gasteiger partial charge in [0.25, 0.3) is 0 Å². The molecule has 3 heteroatoms. The molecule has 2 aliphatic carbocycles. The number of fused-ring (bicyclic) bond motifs is 1. The summed E-state index contributed by atoms with van der Waals surface area (Å²) in [5, 5.41) is 0. The Morgan fingerprint density at radius 3 is 2.62 bits per heavy atom. The van der Waals surface area contributed by atoms with E-state index in [9.17, 15) is 4.39 Å². The maximum atomic E-state index is 14.1.